The van der Waals surface area contributed by atoms with E-state index in [-0.39, 0.29) is 6.10 Å². The number of halogens is 2. The number of aliphatic hydroxyl groups is 1. The van der Waals surface area contributed by atoms with Gasteiger partial charge in [-0.2, -0.15) is 11.3 Å². The minimum Gasteiger partial charge on any atom is -0.393 e. The van der Waals surface area contributed by atoms with Crippen LogP contribution < -0.4 is 0 Å². The second kappa shape index (κ2) is 11.6. The summed E-state index contributed by atoms with van der Waals surface area (Å²) in [6.07, 6.45) is 8.54. The molecule has 1 unspecified atom stereocenters. The van der Waals surface area contributed by atoms with E-state index in [9.17, 15) is 5.11 Å². The van der Waals surface area contributed by atoms with E-state index in [1.165, 1.54) is 63.7 Å². The summed E-state index contributed by atoms with van der Waals surface area (Å²) >= 11 is 14.4. The highest BCUT2D eigenvalue weighted by Crippen LogP contribution is 2.37. The standard InChI is InChI=1S/C28H38Cl2N2OS/c29-25-6-5-22(27(30)14-25)15-32-17-24(26(18-32)23-9-12-34-19-23)16-31-10-7-20(8-11-31)13-28(33)21-3-1-2-4-21/h5-6,9,12,14,19-21,24,26,28,33H,1-4,7-8,10-11,13,15-18H2/t24-,26+,28?/m0/s1. The van der Waals surface area contributed by atoms with Crippen LogP contribution in [0.15, 0.2) is 35.0 Å². The number of aliphatic hydroxyl groups excluding tert-OH is 1. The third-order valence-corrected chi connectivity index (χ3v) is 9.90. The predicted octanol–water partition coefficient (Wildman–Crippen LogP) is 6.92. The van der Waals surface area contributed by atoms with Gasteiger partial charge in [0.25, 0.3) is 0 Å². The number of benzene rings is 1. The van der Waals surface area contributed by atoms with Crippen molar-refractivity contribution in [2.75, 3.05) is 32.7 Å². The molecular weight excluding hydrogens is 483 g/mol. The van der Waals surface area contributed by atoms with E-state index in [0.717, 1.165) is 36.6 Å². The lowest BCUT2D eigenvalue weighted by molar-refractivity contribution is 0.0633. The van der Waals surface area contributed by atoms with Gasteiger partial charge in [-0.3, -0.25) is 4.90 Å². The molecule has 5 rings (SSSR count). The van der Waals surface area contributed by atoms with E-state index in [2.05, 4.69) is 32.7 Å². The predicted molar refractivity (Wildman–Crippen MR) is 144 cm³/mol. The van der Waals surface area contributed by atoms with Crippen LogP contribution in [0.4, 0.5) is 0 Å². The van der Waals surface area contributed by atoms with Gasteiger partial charge in [0.05, 0.1) is 6.10 Å². The molecule has 0 bridgehead atoms. The molecular formula is C28H38Cl2N2OS. The zero-order valence-electron chi connectivity index (χ0n) is 20.0. The average Bonchev–Trinajstić information content (AvgIpc) is 3.59. The van der Waals surface area contributed by atoms with Crippen molar-refractivity contribution in [3.05, 3.63) is 56.2 Å². The summed E-state index contributed by atoms with van der Waals surface area (Å²) in [5.74, 6) is 2.50. The molecule has 3 heterocycles. The van der Waals surface area contributed by atoms with E-state index in [0.29, 0.717) is 28.7 Å². The molecule has 1 N–H and O–H groups in total. The van der Waals surface area contributed by atoms with E-state index >= 15 is 0 Å². The molecule has 3 atom stereocenters. The Morgan fingerprint density at radius 2 is 1.79 bits per heavy atom. The van der Waals surface area contributed by atoms with Gasteiger partial charge in [-0.1, -0.05) is 42.1 Å². The molecule has 0 amide bonds. The topological polar surface area (TPSA) is 26.7 Å². The Labute approximate surface area is 219 Å². The molecule has 2 saturated heterocycles. The number of rotatable bonds is 8. The molecule has 2 aromatic rings. The Hall–Kier alpha value is -0.620. The van der Waals surface area contributed by atoms with Crippen LogP contribution in [0.3, 0.4) is 0 Å². The zero-order chi connectivity index (χ0) is 23.5. The summed E-state index contributed by atoms with van der Waals surface area (Å²) < 4.78 is 0. The number of hydrogen-bond donors (Lipinski definition) is 1. The number of nitrogens with zero attached hydrogens (tertiary/aromatic N) is 2. The molecule has 186 valence electrons. The number of likely N-dealkylation sites (tertiary alicyclic amines) is 2. The third kappa shape index (κ3) is 6.19. The molecule has 1 aromatic carbocycles. The van der Waals surface area contributed by atoms with Gasteiger partial charge in [0, 0.05) is 42.1 Å². The lowest BCUT2D eigenvalue weighted by atomic mass is 9.85. The van der Waals surface area contributed by atoms with Crippen molar-refractivity contribution in [2.45, 2.75) is 63.5 Å². The van der Waals surface area contributed by atoms with Gasteiger partial charge in [-0.25, -0.2) is 0 Å². The molecule has 3 aliphatic rings. The SMILES string of the molecule is OC(CC1CCN(C[C@H]2CN(Cc3ccc(Cl)cc3Cl)C[C@@H]2c2ccsc2)CC1)C1CCCC1. The second-order valence-corrected chi connectivity index (χ2v) is 12.6. The fourth-order valence-corrected chi connectivity index (χ4v) is 7.83. The maximum Gasteiger partial charge on any atom is 0.0571 e. The summed E-state index contributed by atoms with van der Waals surface area (Å²) in [6, 6.07) is 8.19. The molecule has 2 aliphatic heterocycles. The molecule has 6 heteroatoms. The van der Waals surface area contributed by atoms with Gasteiger partial charge in [-0.15, -0.1) is 0 Å². The Bertz CT molecular complexity index is 909. The molecule has 0 spiro atoms. The average molecular weight is 522 g/mol. The van der Waals surface area contributed by atoms with Crippen LogP contribution in [-0.4, -0.2) is 53.7 Å². The number of hydrogen-bond acceptors (Lipinski definition) is 4. The summed E-state index contributed by atoms with van der Waals surface area (Å²) in [5.41, 5.74) is 2.66. The fourth-order valence-electron chi connectivity index (χ4n) is 6.64. The van der Waals surface area contributed by atoms with Crippen molar-refractivity contribution >= 4 is 34.5 Å². The van der Waals surface area contributed by atoms with Gasteiger partial charge in [0.15, 0.2) is 0 Å². The Morgan fingerprint density at radius 3 is 2.50 bits per heavy atom. The molecule has 3 fully saturated rings. The molecule has 0 radical (unpaired) electrons. The van der Waals surface area contributed by atoms with Gasteiger partial charge in [0.1, 0.15) is 0 Å². The first kappa shape index (κ1) is 25.0. The summed E-state index contributed by atoms with van der Waals surface area (Å²) in [4.78, 5) is 5.27. The number of thiophene rings is 1. The smallest absolute Gasteiger partial charge is 0.0571 e. The molecule has 1 saturated carbocycles. The van der Waals surface area contributed by atoms with E-state index in [1.807, 2.05) is 23.5 Å². The van der Waals surface area contributed by atoms with Crippen molar-refractivity contribution in [3.63, 3.8) is 0 Å². The van der Waals surface area contributed by atoms with E-state index in [4.69, 9.17) is 23.2 Å². The number of piperidine rings is 1. The molecule has 34 heavy (non-hydrogen) atoms. The Morgan fingerprint density at radius 1 is 1.00 bits per heavy atom. The van der Waals surface area contributed by atoms with Crippen LogP contribution in [0, 0.1) is 17.8 Å². The van der Waals surface area contributed by atoms with Crippen LogP contribution in [0.5, 0.6) is 0 Å². The fraction of sp³-hybridized carbons (Fsp3) is 0.643. The highest BCUT2D eigenvalue weighted by atomic mass is 35.5. The zero-order valence-corrected chi connectivity index (χ0v) is 22.4. The first-order chi connectivity index (χ1) is 16.5. The van der Waals surface area contributed by atoms with Crippen molar-refractivity contribution in [3.8, 4) is 0 Å². The minimum atomic E-state index is -0.0647. The quantitative estimate of drug-likeness (QED) is 0.408. The lowest BCUT2D eigenvalue weighted by Gasteiger charge is -2.35. The summed E-state index contributed by atoms with van der Waals surface area (Å²) in [5, 5.41) is 16.7. The Kier molecular flexibility index (Phi) is 8.56. The van der Waals surface area contributed by atoms with Crippen LogP contribution >= 0.6 is 34.5 Å². The lowest BCUT2D eigenvalue weighted by Crippen LogP contribution is -2.39. The van der Waals surface area contributed by atoms with Crippen LogP contribution in [0.2, 0.25) is 10.0 Å². The van der Waals surface area contributed by atoms with Gasteiger partial charge in [-0.05, 0) is 103 Å². The maximum atomic E-state index is 10.7. The van der Waals surface area contributed by atoms with Gasteiger partial charge < -0.3 is 10.0 Å². The van der Waals surface area contributed by atoms with Crippen molar-refractivity contribution in [1.29, 1.82) is 0 Å². The van der Waals surface area contributed by atoms with Crippen molar-refractivity contribution in [2.24, 2.45) is 17.8 Å². The third-order valence-electron chi connectivity index (χ3n) is 8.62. The second-order valence-electron chi connectivity index (χ2n) is 10.9. The molecule has 1 aliphatic carbocycles. The van der Waals surface area contributed by atoms with Crippen LogP contribution in [0.1, 0.15) is 62.0 Å². The Balaban J connectivity index is 1.16. The van der Waals surface area contributed by atoms with Crippen LogP contribution in [0.25, 0.3) is 0 Å². The van der Waals surface area contributed by atoms with E-state index in [1.54, 1.807) is 0 Å². The monoisotopic (exact) mass is 520 g/mol. The molecule has 1 aromatic heterocycles. The molecule has 3 nitrogen and oxygen atoms in total. The first-order valence-electron chi connectivity index (χ1n) is 13.1. The highest BCUT2D eigenvalue weighted by molar-refractivity contribution is 7.08. The largest absolute Gasteiger partial charge is 0.393 e. The van der Waals surface area contributed by atoms with Gasteiger partial charge >= 0.3 is 0 Å². The van der Waals surface area contributed by atoms with Crippen molar-refractivity contribution < 1.29 is 5.11 Å². The first-order valence-corrected chi connectivity index (χ1v) is 14.8. The minimum absolute atomic E-state index is 0.0647. The van der Waals surface area contributed by atoms with Crippen LogP contribution in [-0.2, 0) is 6.54 Å². The van der Waals surface area contributed by atoms with E-state index < -0.39 is 0 Å². The highest BCUT2D eigenvalue weighted by Gasteiger charge is 2.36. The summed E-state index contributed by atoms with van der Waals surface area (Å²) in [6.45, 7) is 6.61. The maximum absolute atomic E-state index is 10.7. The summed E-state index contributed by atoms with van der Waals surface area (Å²) in [7, 11) is 0. The van der Waals surface area contributed by atoms with Gasteiger partial charge in [0.2, 0.25) is 0 Å². The van der Waals surface area contributed by atoms with Crippen molar-refractivity contribution in [1.82, 2.24) is 9.80 Å². The normalized spacial score (nSPS) is 26.4.